The van der Waals surface area contributed by atoms with E-state index in [0.29, 0.717) is 0 Å². The molecule has 0 spiro atoms. The van der Waals surface area contributed by atoms with Crippen LogP contribution in [0.5, 0.6) is 0 Å². The maximum absolute atomic E-state index is 10.4. The highest BCUT2D eigenvalue weighted by Crippen LogP contribution is 2.00. The molecule has 0 saturated heterocycles. The van der Waals surface area contributed by atoms with Crippen molar-refractivity contribution >= 4 is 5.97 Å². The second-order valence-electron chi connectivity index (χ2n) is 2.63. The average molecular weight is 161 g/mol. The van der Waals surface area contributed by atoms with Gasteiger partial charge in [0.2, 0.25) is 0 Å². The molecule has 3 atom stereocenters. The van der Waals surface area contributed by atoms with Gasteiger partial charge in [0.1, 0.15) is 6.10 Å². The van der Waals surface area contributed by atoms with Gasteiger partial charge in [-0.15, -0.1) is 0 Å². The van der Waals surface area contributed by atoms with Crippen molar-refractivity contribution in [2.75, 3.05) is 0 Å². The molecule has 0 saturated carbocycles. The molecule has 0 aromatic carbocycles. The van der Waals surface area contributed by atoms with E-state index >= 15 is 0 Å². The molecule has 66 valence electrons. The molecule has 0 bridgehead atoms. The number of aliphatic hydroxyl groups excluding tert-OH is 1. The molecule has 0 rings (SSSR count). The van der Waals surface area contributed by atoms with Crippen molar-refractivity contribution in [1.82, 2.24) is 0 Å². The van der Waals surface area contributed by atoms with E-state index < -0.39 is 18.2 Å². The Morgan fingerprint density at radius 3 is 2.27 bits per heavy atom. The lowest BCUT2D eigenvalue weighted by molar-refractivity contribution is -0.147. The zero-order chi connectivity index (χ0) is 9.02. The van der Waals surface area contributed by atoms with Crippen LogP contribution in [-0.4, -0.2) is 29.3 Å². The van der Waals surface area contributed by atoms with Gasteiger partial charge in [-0.3, -0.25) is 4.79 Å². The Balaban J connectivity index is 3.82. The number of hydrogen-bond donors (Lipinski definition) is 2. The number of esters is 1. The summed E-state index contributed by atoms with van der Waals surface area (Å²) >= 11 is 0. The van der Waals surface area contributed by atoms with Crippen LogP contribution in [0.1, 0.15) is 20.8 Å². The van der Waals surface area contributed by atoms with Crippen LogP contribution in [0, 0.1) is 0 Å². The van der Waals surface area contributed by atoms with E-state index in [9.17, 15) is 4.79 Å². The summed E-state index contributed by atoms with van der Waals surface area (Å²) in [6, 6.07) is -0.515. The molecule has 0 heterocycles. The largest absolute Gasteiger partial charge is 0.461 e. The maximum atomic E-state index is 10.4. The summed E-state index contributed by atoms with van der Waals surface area (Å²) in [4.78, 5) is 10.4. The zero-order valence-corrected chi connectivity index (χ0v) is 7.07. The summed E-state index contributed by atoms with van der Waals surface area (Å²) in [5.41, 5.74) is 5.48. The van der Waals surface area contributed by atoms with E-state index in [-0.39, 0.29) is 5.97 Å². The molecule has 0 amide bonds. The van der Waals surface area contributed by atoms with Gasteiger partial charge in [0.15, 0.2) is 0 Å². The molecule has 3 N–H and O–H groups in total. The van der Waals surface area contributed by atoms with Crippen molar-refractivity contribution in [3.8, 4) is 0 Å². The molecule has 0 aromatic rings. The molecule has 0 fully saturated rings. The third-order valence-electron chi connectivity index (χ3n) is 1.45. The quantitative estimate of drug-likeness (QED) is 0.555. The minimum Gasteiger partial charge on any atom is -0.461 e. The Morgan fingerprint density at radius 1 is 1.55 bits per heavy atom. The highest BCUT2D eigenvalue weighted by atomic mass is 16.5. The van der Waals surface area contributed by atoms with Gasteiger partial charge >= 0.3 is 5.97 Å². The molecule has 4 heteroatoms. The molecular formula is C7H15NO3. The monoisotopic (exact) mass is 161 g/mol. The first-order valence-corrected chi connectivity index (χ1v) is 3.56. The smallest absolute Gasteiger partial charge is 0.302 e. The molecule has 0 aliphatic heterocycles. The second kappa shape index (κ2) is 4.31. The Kier molecular flexibility index (Phi) is 4.07. The fourth-order valence-corrected chi connectivity index (χ4v) is 0.733. The normalized spacial score (nSPS) is 18.6. The van der Waals surface area contributed by atoms with Gasteiger partial charge in [-0.05, 0) is 13.8 Å². The van der Waals surface area contributed by atoms with Gasteiger partial charge in [0.25, 0.3) is 0 Å². The predicted octanol–water partition coefficient (Wildman–Crippen LogP) is -0.354. The van der Waals surface area contributed by atoms with E-state index in [4.69, 9.17) is 15.6 Å². The molecular weight excluding hydrogens is 146 g/mol. The van der Waals surface area contributed by atoms with Crippen LogP contribution in [0.2, 0.25) is 0 Å². The molecule has 0 aromatic heterocycles. The predicted molar refractivity (Wildman–Crippen MR) is 40.9 cm³/mol. The van der Waals surface area contributed by atoms with Gasteiger partial charge in [-0.1, -0.05) is 0 Å². The van der Waals surface area contributed by atoms with Gasteiger partial charge < -0.3 is 15.6 Å². The van der Waals surface area contributed by atoms with Crippen LogP contribution in [0.25, 0.3) is 0 Å². The minimum atomic E-state index is -0.663. The highest BCUT2D eigenvalue weighted by molar-refractivity contribution is 5.66. The lowest BCUT2D eigenvalue weighted by Crippen LogP contribution is -2.43. The third kappa shape index (κ3) is 3.95. The van der Waals surface area contributed by atoms with Crippen molar-refractivity contribution in [3.63, 3.8) is 0 Å². The van der Waals surface area contributed by atoms with Gasteiger partial charge in [0.05, 0.1) is 12.1 Å². The molecule has 0 radical (unpaired) electrons. The van der Waals surface area contributed by atoms with Crippen LogP contribution < -0.4 is 5.73 Å². The van der Waals surface area contributed by atoms with Gasteiger partial charge in [-0.2, -0.15) is 0 Å². The lowest BCUT2D eigenvalue weighted by Gasteiger charge is -2.21. The molecule has 4 nitrogen and oxygen atoms in total. The van der Waals surface area contributed by atoms with E-state index in [1.54, 1.807) is 13.8 Å². The first-order valence-electron chi connectivity index (χ1n) is 3.56. The molecule has 0 aliphatic carbocycles. The number of ether oxygens (including phenoxy) is 1. The van der Waals surface area contributed by atoms with E-state index in [2.05, 4.69) is 0 Å². The summed E-state index contributed by atoms with van der Waals surface area (Å²) in [7, 11) is 0. The van der Waals surface area contributed by atoms with Crippen LogP contribution in [-0.2, 0) is 9.53 Å². The van der Waals surface area contributed by atoms with E-state index in [1.807, 2.05) is 0 Å². The minimum absolute atomic E-state index is 0.381. The van der Waals surface area contributed by atoms with Crippen molar-refractivity contribution in [2.45, 2.75) is 39.0 Å². The van der Waals surface area contributed by atoms with Crippen molar-refractivity contribution in [2.24, 2.45) is 5.73 Å². The summed E-state index contributed by atoms with van der Waals surface area (Å²) in [6.07, 6.45) is -1.10. The fraction of sp³-hybridized carbons (Fsp3) is 0.857. The standard InChI is InChI=1S/C7H15NO3/c1-4(9)7(8)5(2)11-6(3)10/h4-5,7,9H,8H2,1-3H3/t4-,5+,7?/m0/s1. The maximum Gasteiger partial charge on any atom is 0.302 e. The van der Waals surface area contributed by atoms with Gasteiger partial charge in [0, 0.05) is 6.92 Å². The van der Waals surface area contributed by atoms with Crippen LogP contribution in [0.3, 0.4) is 0 Å². The Morgan fingerprint density at radius 2 is 2.00 bits per heavy atom. The Bertz CT molecular complexity index is 136. The number of carbonyl (C=O) groups is 1. The van der Waals surface area contributed by atoms with Crippen LogP contribution in [0.4, 0.5) is 0 Å². The van der Waals surface area contributed by atoms with Crippen molar-refractivity contribution in [3.05, 3.63) is 0 Å². The fourth-order valence-electron chi connectivity index (χ4n) is 0.733. The summed E-state index contributed by atoms with van der Waals surface area (Å²) in [6.45, 7) is 4.52. The summed E-state index contributed by atoms with van der Waals surface area (Å²) in [5, 5.41) is 8.99. The number of aliphatic hydroxyl groups is 1. The first kappa shape index (κ1) is 10.4. The SMILES string of the molecule is CC(=O)O[C@H](C)C(N)[C@H](C)O. The van der Waals surface area contributed by atoms with Crippen molar-refractivity contribution < 1.29 is 14.6 Å². The number of hydrogen-bond acceptors (Lipinski definition) is 4. The average Bonchev–Trinajstić information content (AvgIpc) is 1.84. The van der Waals surface area contributed by atoms with E-state index in [1.165, 1.54) is 6.92 Å². The number of rotatable bonds is 3. The zero-order valence-electron chi connectivity index (χ0n) is 7.07. The third-order valence-corrected chi connectivity index (χ3v) is 1.45. The van der Waals surface area contributed by atoms with Crippen LogP contribution in [0.15, 0.2) is 0 Å². The Labute approximate surface area is 66.3 Å². The summed E-state index contributed by atoms with van der Waals surface area (Å²) < 4.78 is 4.75. The number of nitrogens with two attached hydrogens (primary N) is 1. The molecule has 11 heavy (non-hydrogen) atoms. The topological polar surface area (TPSA) is 72.5 Å². The lowest BCUT2D eigenvalue weighted by atomic mass is 10.1. The Hall–Kier alpha value is -0.610. The second-order valence-corrected chi connectivity index (χ2v) is 2.63. The van der Waals surface area contributed by atoms with Crippen LogP contribution >= 0.6 is 0 Å². The number of carbonyl (C=O) groups excluding carboxylic acids is 1. The van der Waals surface area contributed by atoms with Gasteiger partial charge in [-0.25, -0.2) is 0 Å². The van der Waals surface area contributed by atoms with E-state index in [0.717, 1.165) is 0 Å². The first-order chi connectivity index (χ1) is 4.95. The molecule has 0 aliphatic rings. The van der Waals surface area contributed by atoms with Crippen molar-refractivity contribution in [1.29, 1.82) is 0 Å². The molecule has 1 unspecified atom stereocenters. The summed E-state index contributed by atoms with van der Waals surface area (Å²) in [5.74, 6) is -0.381. The highest BCUT2D eigenvalue weighted by Gasteiger charge is 2.19.